The first-order chi connectivity index (χ1) is 10.7. The third-order valence-corrected chi connectivity index (χ3v) is 4.99. The van der Waals surface area contributed by atoms with E-state index in [0.29, 0.717) is 12.6 Å². The van der Waals surface area contributed by atoms with Crippen LogP contribution in [0.5, 0.6) is 0 Å². The monoisotopic (exact) mass is 378 g/mol. The summed E-state index contributed by atoms with van der Waals surface area (Å²) in [5, 5.41) is 4.13. The van der Waals surface area contributed by atoms with Gasteiger partial charge in [-0.15, -0.1) is 11.3 Å². The molecule has 0 unspecified atom stereocenters. The molecule has 0 aliphatic carbocycles. The number of rotatable bonds is 5. The molecule has 6 heteroatoms. The first kappa shape index (κ1) is 15.4. The maximum atomic E-state index is 12.0. The highest BCUT2D eigenvalue weighted by molar-refractivity contribution is 9.10. The van der Waals surface area contributed by atoms with Crippen molar-refractivity contribution in [3.05, 3.63) is 68.0 Å². The van der Waals surface area contributed by atoms with Crippen molar-refractivity contribution >= 4 is 32.2 Å². The van der Waals surface area contributed by atoms with Crippen molar-refractivity contribution in [1.29, 1.82) is 0 Å². The Morgan fingerprint density at radius 1 is 1.36 bits per heavy atom. The molecule has 2 aromatic heterocycles. The number of thiazole rings is 1. The van der Waals surface area contributed by atoms with Crippen molar-refractivity contribution in [2.75, 3.05) is 0 Å². The summed E-state index contributed by atoms with van der Waals surface area (Å²) in [5.41, 5.74) is 2.12. The van der Waals surface area contributed by atoms with Crippen molar-refractivity contribution < 1.29 is 5.32 Å². The highest BCUT2D eigenvalue weighted by Crippen LogP contribution is 2.16. The normalized spacial score (nSPS) is 12.6. The number of halogens is 1. The number of hydrogen-bond donors (Lipinski definition) is 1. The van der Waals surface area contributed by atoms with E-state index in [0.717, 1.165) is 21.5 Å². The van der Waals surface area contributed by atoms with Gasteiger partial charge in [0.15, 0.2) is 4.96 Å². The van der Waals surface area contributed by atoms with Crippen LogP contribution in [0.3, 0.4) is 0 Å². The summed E-state index contributed by atoms with van der Waals surface area (Å²) in [6.45, 7) is 2.88. The lowest BCUT2D eigenvalue weighted by Crippen LogP contribution is -2.83. The van der Waals surface area contributed by atoms with E-state index in [1.54, 1.807) is 16.7 Å². The van der Waals surface area contributed by atoms with Crippen LogP contribution in [0, 0.1) is 0 Å². The highest BCUT2D eigenvalue weighted by atomic mass is 79.9. The number of hydrogen-bond acceptors (Lipinski definition) is 3. The lowest BCUT2D eigenvalue weighted by molar-refractivity contribution is -0.711. The Morgan fingerprint density at radius 2 is 2.14 bits per heavy atom. The summed E-state index contributed by atoms with van der Waals surface area (Å²) >= 11 is 4.95. The zero-order chi connectivity index (χ0) is 15.5. The Morgan fingerprint density at radius 3 is 2.86 bits per heavy atom. The minimum absolute atomic E-state index is 0.00802. The van der Waals surface area contributed by atoms with Gasteiger partial charge in [-0.3, -0.25) is 9.20 Å². The van der Waals surface area contributed by atoms with Crippen LogP contribution < -0.4 is 10.9 Å². The smallest absolute Gasteiger partial charge is 0.258 e. The molecule has 22 heavy (non-hydrogen) atoms. The number of benzene rings is 1. The molecule has 0 aliphatic rings. The Labute approximate surface area is 141 Å². The molecule has 2 heterocycles. The molecule has 0 saturated heterocycles. The fraction of sp³-hybridized carbons (Fsp3) is 0.250. The second-order valence-corrected chi connectivity index (χ2v) is 6.94. The molecule has 1 atom stereocenters. The number of fused-ring (bicyclic) bond motifs is 1. The average molecular weight is 379 g/mol. The van der Waals surface area contributed by atoms with Gasteiger partial charge in [0.2, 0.25) is 0 Å². The number of aromatic nitrogens is 2. The molecule has 0 amide bonds. The molecule has 0 spiro atoms. The lowest BCUT2D eigenvalue weighted by Gasteiger charge is -2.14. The Hall–Kier alpha value is -1.50. The van der Waals surface area contributed by atoms with E-state index in [4.69, 9.17) is 0 Å². The standard InChI is InChI=1S/C16H16BrN3OS/c1-2-14(11-3-5-12(17)6-4-11)18-10-13-9-15(21)20-7-8-22-16(20)19-13/h3-9,14,18H,2,10H2,1H3/p+1/t14-/m0/s1. The molecule has 3 aromatic rings. The molecule has 0 aliphatic heterocycles. The van der Waals surface area contributed by atoms with E-state index >= 15 is 0 Å². The molecule has 0 radical (unpaired) electrons. The van der Waals surface area contributed by atoms with Crippen LogP contribution in [0.15, 0.2) is 51.2 Å². The summed E-state index contributed by atoms with van der Waals surface area (Å²) in [6.07, 6.45) is 2.79. The van der Waals surface area contributed by atoms with E-state index in [2.05, 4.69) is 57.4 Å². The maximum absolute atomic E-state index is 12.0. The van der Waals surface area contributed by atoms with Gasteiger partial charge in [0, 0.05) is 34.1 Å². The second-order valence-electron chi connectivity index (χ2n) is 5.15. The molecule has 1 aromatic carbocycles. The first-order valence-electron chi connectivity index (χ1n) is 7.22. The largest absolute Gasteiger partial charge is 0.335 e. The summed E-state index contributed by atoms with van der Waals surface area (Å²) < 4.78 is 2.67. The molecule has 3 rings (SSSR count). The highest BCUT2D eigenvalue weighted by Gasteiger charge is 2.13. The minimum Gasteiger partial charge on any atom is -0.335 e. The van der Waals surface area contributed by atoms with Gasteiger partial charge in [0.1, 0.15) is 18.3 Å². The summed E-state index contributed by atoms with van der Waals surface area (Å²) in [7, 11) is 0. The van der Waals surface area contributed by atoms with Gasteiger partial charge in [0.25, 0.3) is 5.56 Å². The molecule has 114 valence electrons. The van der Waals surface area contributed by atoms with Crippen molar-refractivity contribution in [1.82, 2.24) is 9.38 Å². The molecule has 0 saturated carbocycles. The SMILES string of the molecule is CC[C@H]([NH2+]Cc1cc(=O)n2ccsc2n1)c1ccc(Br)cc1. The maximum Gasteiger partial charge on any atom is 0.258 e. The fourth-order valence-corrected chi connectivity index (χ4v) is 3.51. The summed E-state index contributed by atoms with van der Waals surface area (Å²) in [5.74, 6) is 0. The minimum atomic E-state index is -0.00802. The zero-order valence-electron chi connectivity index (χ0n) is 12.2. The van der Waals surface area contributed by atoms with E-state index in [9.17, 15) is 4.79 Å². The van der Waals surface area contributed by atoms with Gasteiger partial charge in [-0.2, -0.15) is 0 Å². The van der Waals surface area contributed by atoms with Crippen molar-refractivity contribution in [3.8, 4) is 0 Å². The third kappa shape index (κ3) is 3.29. The van der Waals surface area contributed by atoms with E-state index in [1.807, 2.05) is 5.38 Å². The fourth-order valence-electron chi connectivity index (χ4n) is 2.50. The van der Waals surface area contributed by atoms with Crippen molar-refractivity contribution in [2.24, 2.45) is 0 Å². The molecular weight excluding hydrogens is 362 g/mol. The van der Waals surface area contributed by atoms with Crippen molar-refractivity contribution in [2.45, 2.75) is 25.9 Å². The first-order valence-corrected chi connectivity index (χ1v) is 8.89. The summed E-state index contributed by atoms with van der Waals surface area (Å²) in [6, 6.07) is 10.4. The Kier molecular flexibility index (Phi) is 4.71. The lowest BCUT2D eigenvalue weighted by atomic mass is 10.0. The van der Waals surface area contributed by atoms with E-state index in [1.165, 1.54) is 16.9 Å². The van der Waals surface area contributed by atoms with Crippen LogP contribution >= 0.6 is 27.3 Å². The van der Waals surface area contributed by atoms with E-state index in [-0.39, 0.29) is 5.56 Å². The predicted octanol–water partition coefficient (Wildman–Crippen LogP) is 2.73. The molecule has 2 N–H and O–H groups in total. The molecular formula is C16H17BrN3OS+. The molecule has 0 fully saturated rings. The number of quaternary nitrogens is 1. The van der Waals surface area contributed by atoms with Gasteiger partial charge in [0.05, 0.1) is 0 Å². The summed E-state index contributed by atoms with van der Waals surface area (Å²) in [4.78, 5) is 17.3. The van der Waals surface area contributed by atoms with Crippen LogP contribution in [0.2, 0.25) is 0 Å². The number of nitrogens with two attached hydrogens (primary N) is 1. The predicted molar refractivity (Wildman–Crippen MR) is 92.1 cm³/mol. The molecule has 4 nitrogen and oxygen atoms in total. The topological polar surface area (TPSA) is 51.0 Å². The van der Waals surface area contributed by atoms with E-state index < -0.39 is 0 Å². The zero-order valence-corrected chi connectivity index (χ0v) is 14.6. The third-order valence-electron chi connectivity index (χ3n) is 3.71. The van der Waals surface area contributed by atoms with Gasteiger partial charge in [-0.05, 0) is 12.1 Å². The Bertz CT molecular complexity index is 825. The Balaban J connectivity index is 1.76. The van der Waals surface area contributed by atoms with Crippen LogP contribution in [0.1, 0.15) is 30.6 Å². The van der Waals surface area contributed by atoms with Gasteiger partial charge >= 0.3 is 0 Å². The second kappa shape index (κ2) is 6.73. The van der Waals surface area contributed by atoms with Crippen LogP contribution in [-0.4, -0.2) is 9.38 Å². The van der Waals surface area contributed by atoms with Crippen LogP contribution in [0.4, 0.5) is 0 Å². The number of nitrogens with zero attached hydrogens (tertiary/aromatic N) is 2. The van der Waals surface area contributed by atoms with Crippen LogP contribution in [0.25, 0.3) is 4.96 Å². The van der Waals surface area contributed by atoms with Gasteiger partial charge < -0.3 is 5.32 Å². The van der Waals surface area contributed by atoms with Crippen LogP contribution in [-0.2, 0) is 6.54 Å². The van der Waals surface area contributed by atoms with Crippen molar-refractivity contribution in [3.63, 3.8) is 0 Å². The average Bonchev–Trinajstić information content (AvgIpc) is 2.98. The van der Waals surface area contributed by atoms with Gasteiger partial charge in [-0.25, -0.2) is 4.98 Å². The molecule has 0 bridgehead atoms. The van der Waals surface area contributed by atoms with Gasteiger partial charge in [-0.1, -0.05) is 35.0 Å². The quantitative estimate of drug-likeness (QED) is 0.741.